The molecule has 3 heterocycles. The van der Waals surface area contributed by atoms with Crippen LogP contribution in [-0.4, -0.2) is 40.8 Å². The van der Waals surface area contributed by atoms with Crippen LogP contribution in [0.1, 0.15) is 60.3 Å². The van der Waals surface area contributed by atoms with E-state index in [1.54, 1.807) is 6.26 Å². The minimum absolute atomic E-state index is 0.0936. The minimum Gasteiger partial charge on any atom is -0.462 e. The summed E-state index contributed by atoms with van der Waals surface area (Å²) in [6.07, 6.45) is 8.90. The number of hydrogen-bond donors (Lipinski definition) is 1. The second kappa shape index (κ2) is 8.47. The SMILES string of the molecule is Cc1sc(-c2ccco2)nc1C(=O)NC1CCN(C(=O)C2CCCCC2)CC1. The normalized spacial score (nSPS) is 19.0. The molecule has 1 saturated heterocycles. The van der Waals surface area contributed by atoms with Gasteiger partial charge >= 0.3 is 0 Å². The second-order valence-corrected chi connectivity index (χ2v) is 9.01. The Hall–Kier alpha value is -2.15. The summed E-state index contributed by atoms with van der Waals surface area (Å²) in [4.78, 5) is 32.7. The topological polar surface area (TPSA) is 75.4 Å². The number of piperidine rings is 1. The number of thiazole rings is 1. The fourth-order valence-electron chi connectivity index (χ4n) is 4.22. The molecule has 28 heavy (non-hydrogen) atoms. The molecule has 0 bridgehead atoms. The van der Waals surface area contributed by atoms with Crippen molar-refractivity contribution >= 4 is 23.2 Å². The van der Waals surface area contributed by atoms with Crippen LogP contribution >= 0.6 is 11.3 Å². The Morgan fingerprint density at radius 2 is 1.93 bits per heavy atom. The number of nitrogens with zero attached hydrogens (tertiary/aromatic N) is 2. The summed E-state index contributed by atoms with van der Waals surface area (Å²) < 4.78 is 5.38. The highest BCUT2D eigenvalue weighted by molar-refractivity contribution is 7.15. The van der Waals surface area contributed by atoms with Gasteiger partial charge in [-0.1, -0.05) is 19.3 Å². The van der Waals surface area contributed by atoms with Gasteiger partial charge < -0.3 is 14.6 Å². The van der Waals surface area contributed by atoms with E-state index in [0.717, 1.165) is 48.7 Å². The quantitative estimate of drug-likeness (QED) is 0.840. The molecule has 0 radical (unpaired) electrons. The molecule has 0 atom stereocenters. The Bertz CT molecular complexity index is 816. The van der Waals surface area contributed by atoms with Gasteiger partial charge in [0, 0.05) is 29.9 Å². The summed E-state index contributed by atoms with van der Waals surface area (Å²) in [7, 11) is 0. The van der Waals surface area contributed by atoms with E-state index in [1.165, 1.54) is 30.6 Å². The molecule has 1 saturated carbocycles. The summed E-state index contributed by atoms with van der Waals surface area (Å²) >= 11 is 1.46. The third-order valence-electron chi connectivity index (χ3n) is 5.84. The lowest BCUT2D eigenvalue weighted by Gasteiger charge is -2.35. The van der Waals surface area contributed by atoms with Crippen LogP contribution in [0.3, 0.4) is 0 Å². The van der Waals surface area contributed by atoms with Crippen molar-refractivity contribution < 1.29 is 14.0 Å². The lowest BCUT2D eigenvalue weighted by Crippen LogP contribution is -2.48. The zero-order valence-corrected chi connectivity index (χ0v) is 17.1. The van der Waals surface area contributed by atoms with Crippen LogP contribution in [-0.2, 0) is 4.79 Å². The highest BCUT2D eigenvalue weighted by atomic mass is 32.1. The zero-order valence-electron chi connectivity index (χ0n) is 16.3. The molecular weight excluding hydrogens is 374 g/mol. The predicted octanol–water partition coefficient (Wildman–Crippen LogP) is 4.01. The number of carbonyl (C=O) groups excluding carboxylic acids is 2. The maximum absolute atomic E-state index is 12.7. The largest absolute Gasteiger partial charge is 0.462 e. The van der Waals surface area contributed by atoms with Gasteiger partial charge in [-0.3, -0.25) is 9.59 Å². The van der Waals surface area contributed by atoms with Crippen LogP contribution in [0.15, 0.2) is 22.8 Å². The molecule has 150 valence electrons. The number of nitrogens with one attached hydrogen (secondary N) is 1. The Balaban J connectivity index is 1.31. The van der Waals surface area contributed by atoms with Gasteiger partial charge in [0.1, 0.15) is 5.69 Å². The summed E-state index contributed by atoms with van der Waals surface area (Å²) in [5.41, 5.74) is 0.470. The van der Waals surface area contributed by atoms with E-state index in [2.05, 4.69) is 10.3 Å². The van der Waals surface area contributed by atoms with E-state index in [0.29, 0.717) is 17.4 Å². The molecule has 1 aliphatic heterocycles. The molecule has 1 aliphatic carbocycles. The van der Waals surface area contributed by atoms with Crippen LogP contribution in [0, 0.1) is 12.8 Å². The Morgan fingerprint density at radius 1 is 1.18 bits per heavy atom. The third-order valence-corrected chi connectivity index (χ3v) is 6.83. The number of carbonyl (C=O) groups is 2. The smallest absolute Gasteiger partial charge is 0.271 e. The summed E-state index contributed by atoms with van der Waals surface area (Å²) in [6.45, 7) is 3.37. The third kappa shape index (κ3) is 4.14. The molecule has 0 spiro atoms. The number of rotatable bonds is 4. The molecule has 1 N–H and O–H groups in total. The molecule has 2 aromatic heterocycles. The average molecular weight is 402 g/mol. The van der Waals surface area contributed by atoms with Crippen molar-refractivity contribution in [3.63, 3.8) is 0 Å². The van der Waals surface area contributed by atoms with Crippen molar-refractivity contribution in [2.24, 2.45) is 5.92 Å². The first kappa shape index (κ1) is 19.2. The van der Waals surface area contributed by atoms with Crippen molar-refractivity contribution in [1.82, 2.24) is 15.2 Å². The number of amides is 2. The van der Waals surface area contributed by atoms with E-state index >= 15 is 0 Å². The van der Waals surface area contributed by atoms with Gasteiger partial charge in [0.05, 0.1) is 6.26 Å². The number of aromatic nitrogens is 1. The number of likely N-dealkylation sites (tertiary alicyclic amines) is 1. The second-order valence-electron chi connectivity index (χ2n) is 7.81. The first-order chi connectivity index (χ1) is 13.6. The maximum atomic E-state index is 12.7. The summed E-state index contributed by atoms with van der Waals surface area (Å²) in [5.74, 6) is 1.09. The van der Waals surface area contributed by atoms with Gasteiger partial charge in [-0.25, -0.2) is 4.98 Å². The van der Waals surface area contributed by atoms with E-state index < -0.39 is 0 Å². The lowest BCUT2D eigenvalue weighted by atomic mass is 9.87. The molecule has 4 rings (SSSR count). The lowest BCUT2D eigenvalue weighted by molar-refractivity contribution is -0.137. The fourth-order valence-corrected chi connectivity index (χ4v) is 5.10. The molecule has 7 heteroatoms. The molecular formula is C21H27N3O3S. The van der Waals surface area contributed by atoms with Gasteiger partial charge in [0.25, 0.3) is 5.91 Å². The zero-order chi connectivity index (χ0) is 19.5. The molecule has 2 aliphatic rings. The molecule has 2 fully saturated rings. The molecule has 2 aromatic rings. The van der Waals surface area contributed by atoms with E-state index in [1.807, 2.05) is 24.0 Å². The first-order valence-corrected chi connectivity index (χ1v) is 11.0. The fraction of sp³-hybridized carbons (Fsp3) is 0.571. The van der Waals surface area contributed by atoms with Crippen LogP contribution in [0.4, 0.5) is 0 Å². The van der Waals surface area contributed by atoms with Crippen molar-refractivity contribution in [1.29, 1.82) is 0 Å². The molecule has 2 amide bonds. The Labute approximate surface area is 169 Å². The summed E-state index contributed by atoms with van der Waals surface area (Å²) in [5, 5.41) is 3.83. The highest BCUT2D eigenvalue weighted by Crippen LogP contribution is 2.29. The van der Waals surface area contributed by atoms with Crippen molar-refractivity contribution in [2.75, 3.05) is 13.1 Å². The van der Waals surface area contributed by atoms with Crippen molar-refractivity contribution in [2.45, 2.75) is 57.9 Å². The van der Waals surface area contributed by atoms with E-state index in [4.69, 9.17) is 4.42 Å². The molecule has 0 unspecified atom stereocenters. The van der Waals surface area contributed by atoms with Gasteiger partial charge in [-0.15, -0.1) is 11.3 Å². The predicted molar refractivity (Wildman–Crippen MR) is 108 cm³/mol. The van der Waals surface area contributed by atoms with Gasteiger partial charge in [-0.05, 0) is 44.7 Å². The van der Waals surface area contributed by atoms with Crippen LogP contribution < -0.4 is 5.32 Å². The Morgan fingerprint density at radius 3 is 2.61 bits per heavy atom. The van der Waals surface area contributed by atoms with Crippen LogP contribution in [0.5, 0.6) is 0 Å². The van der Waals surface area contributed by atoms with Crippen LogP contribution in [0.2, 0.25) is 0 Å². The van der Waals surface area contributed by atoms with Gasteiger partial charge in [-0.2, -0.15) is 0 Å². The van der Waals surface area contributed by atoms with Crippen LogP contribution in [0.25, 0.3) is 10.8 Å². The van der Waals surface area contributed by atoms with Crippen molar-refractivity contribution in [3.05, 3.63) is 29.0 Å². The van der Waals surface area contributed by atoms with E-state index in [9.17, 15) is 9.59 Å². The summed E-state index contributed by atoms with van der Waals surface area (Å²) in [6, 6.07) is 3.75. The van der Waals surface area contributed by atoms with Crippen molar-refractivity contribution in [3.8, 4) is 10.8 Å². The van der Waals surface area contributed by atoms with Gasteiger partial charge in [0.15, 0.2) is 10.8 Å². The molecule has 0 aromatic carbocycles. The first-order valence-electron chi connectivity index (χ1n) is 10.2. The highest BCUT2D eigenvalue weighted by Gasteiger charge is 2.30. The number of aryl methyl sites for hydroxylation is 1. The Kier molecular flexibility index (Phi) is 5.80. The molecule has 6 nitrogen and oxygen atoms in total. The number of furan rings is 1. The van der Waals surface area contributed by atoms with E-state index in [-0.39, 0.29) is 17.9 Å². The number of hydrogen-bond acceptors (Lipinski definition) is 5. The monoisotopic (exact) mass is 401 g/mol. The maximum Gasteiger partial charge on any atom is 0.271 e. The van der Waals surface area contributed by atoms with Gasteiger partial charge in [0.2, 0.25) is 5.91 Å². The minimum atomic E-state index is -0.136. The standard InChI is InChI=1S/C21H27N3O3S/c1-14-18(23-20(28-14)17-8-5-13-27-17)19(25)22-16-9-11-24(12-10-16)21(26)15-6-3-2-4-7-15/h5,8,13,15-16H,2-4,6-7,9-12H2,1H3,(H,22,25). The average Bonchev–Trinajstić information content (AvgIpc) is 3.38.